The number of imidazole rings is 1. The van der Waals surface area contributed by atoms with Crippen molar-refractivity contribution in [3.8, 4) is 11.3 Å². The van der Waals surface area contributed by atoms with E-state index in [2.05, 4.69) is 25.6 Å². The molecule has 2 amide bonds. The number of halogens is 1. The highest BCUT2D eigenvalue weighted by atomic mass is 19.1. The molecule has 0 saturated carbocycles. The Hall–Kier alpha value is -4.12. The summed E-state index contributed by atoms with van der Waals surface area (Å²) in [6, 6.07) is 4.18. The molecule has 1 aromatic carbocycles. The Labute approximate surface area is 199 Å². The van der Waals surface area contributed by atoms with Crippen LogP contribution in [-0.2, 0) is 9.53 Å². The molecule has 4 heterocycles. The summed E-state index contributed by atoms with van der Waals surface area (Å²) < 4.78 is 27.1. The van der Waals surface area contributed by atoms with E-state index in [9.17, 15) is 14.0 Å². The van der Waals surface area contributed by atoms with Crippen molar-refractivity contribution < 1.29 is 23.1 Å². The maximum atomic E-state index is 14.7. The number of anilines is 2. The summed E-state index contributed by atoms with van der Waals surface area (Å²) in [4.78, 5) is 37.7. The molecule has 35 heavy (non-hydrogen) atoms. The monoisotopic (exact) mass is 478 g/mol. The molecule has 4 aromatic rings. The zero-order valence-corrected chi connectivity index (χ0v) is 19.2. The molecule has 1 aliphatic rings. The average molecular weight is 478 g/mol. The van der Waals surface area contributed by atoms with Gasteiger partial charge in [0.1, 0.15) is 11.9 Å². The van der Waals surface area contributed by atoms with Crippen molar-refractivity contribution in [2.45, 2.75) is 39.2 Å². The van der Waals surface area contributed by atoms with Crippen LogP contribution in [0.15, 0.2) is 41.2 Å². The van der Waals surface area contributed by atoms with Crippen LogP contribution in [0.2, 0.25) is 0 Å². The van der Waals surface area contributed by atoms with Gasteiger partial charge in [0.05, 0.1) is 23.3 Å². The molecule has 0 spiro atoms. The number of aryl methyl sites for hydroxylation is 2. The molecule has 1 fully saturated rings. The van der Waals surface area contributed by atoms with E-state index < -0.39 is 17.8 Å². The fourth-order valence-electron chi connectivity index (χ4n) is 3.98. The Bertz CT molecular complexity index is 1420. The third kappa shape index (κ3) is 4.76. The Kier molecular flexibility index (Phi) is 6.00. The van der Waals surface area contributed by atoms with Crippen molar-refractivity contribution in [3.63, 3.8) is 0 Å². The number of nitrogens with zero attached hydrogens (tertiary/aromatic N) is 4. The lowest BCUT2D eigenvalue weighted by Crippen LogP contribution is -2.33. The van der Waals surface area contributed by atoms with Crippen molar-refractivity contribution in [3.05, 3.63) is 60.0 Å². The first-order valence-electron chi connectivity index (χ1n) is 11.2. The van der Waals surface area contributed by atoms with Crippen molar-refractivity contribution in [2.24, 2.45) is 0 Å². The molecule has 5 rings (SSSR count). The van der Waals surface area contributed by atoms with E-state index in [1.165, 1.54) is 24.4 Å². The molecule has 1 saturated heterocycles. The Morgan fingerprint density at radius 1 is 1.11 bits per heavy atom. The van der Waals surface area contributed by atoms with Gasteiger partial charge < -0.3 is 19.8 Å². The van der Waals surface area contributed by atoms with Crippen LogP contribution >= 0.6 is 0 Å². The molecular formula is C24H23FN6O4. The highest BCUT2D eigenvalue weighted by Crippen LogP contribution is 2.27. The second kappa shape index (κ2) is 9.26. The van der Waals surface area contributed by atoms with Crippen molar-refractivity contribution in [1.82, 2.24) is 19.4 Å². The van der Waals surface area contributed by atoms with Gasteiger partial charge in [0.2, 0.25) is 11.5 Å². The van der Waals surface area contributed by atoms with Crippen LogP contribution in [-0.4, -0.2) is 43.9 Å². The molecule has 0 bridgehead atoms. The lowest BCUT2D eigenvalue weighted by Gasteiger charge is -2.21. The number of carbonyl (C=O) groups excluding carboxylic acids is 2. The first-order valence-corrected chi connectivity index (χ1v) is 11.2. The fourth-order valence-corrected chi connectivity index (χ4v) is 3.98. The third-order valence-corrected chi connectivity index (χ3v) is 5.66. The van der Waals surface area contributed by atoms with E-state index in [-0.39, 0.29) is 17.2 Å². The molecule has 3 aromatic heterocycles. The molecule has 1 aliphatic heterocycles. The van der Waals surface area contributed by atoms with Gasteiger partial charge in [-0.15, -0.1) is 0 Å². The summed E-state index contributed by atoms with van der Waals surface area (Å²) in [5.74, 6) is -0.419. The lowest BCUT2D eigenvalue weighted by atomic mass is 10.1. The van der Waals surface area contributed by atoms with Crippen LogP contribution in [0.4, 0.5) is 15.8 Å². The van der Waals surface area contributed by atoms with E-state index in [1.54, 1.807) is 30.6 Å². The zero-order chi connectivity index (χ0) is 24.5. The van der Waals surface area contributed by atoms with Gasteiger partial charge in [-0.25, -0.2) is 19.3 Å². The summed E-state index contributed by atoms with van der Waals surface area (Å²) in [7, 11) is 0. The smallest absolute Gasteiger partial charge is 0.293 e. The molecular weight excluding hydrogens is 455 g/mol. The topological polar surface area (TPSA) is 124 Å². The van der Waals surface area contributed by atoms with Crippen LogP contribution < -0.4 is 10.6 Å². The second-order valence-electron chi connectivity index (χ2n) is 8.32. The van der Waals surface area contributed by atoms with Crippen LogP contribution in [0.3, 0.4) is 0 Å². The molecule has 2 N–H and O–H groups in total. The van der Waals surface area contributed by atoms with E-state index in [1.807, 2.05) is 0 Å². The van der Waals surface area contributed by atoms with Crippen LogP contribution in [0.25, 0.3) is 17.0 Å². The molecule has 0 aliphatic carbocycles. The fraction of sp³-hybridized carbons (Fsp3) is 0.292. The van der Waals surface area contributed by atoms with Gasteiger partial charge in [-0.3, -0.25) is 14.0 Å². The molecule has 1 atom stereocenters. The average Bonchev–Trinajstić information content (AvgIpc) is 3.42. The summed E-state index contributed by atoms with van der Waals surface area (Å²) >= 11 is 0. The minimum Gasteiger partial charge on any atom is -0.436 e. The number of amides is 2. The molecule has 11 heteroatoms. The third-order valence-electron chi connectivity index (χ3n) is 5.66. The van der Waals surface area contributed by atoms with Crippen LogP contribution in [0.5, 0.6) is 0 Å². The Morgan fingerprint density at radius 2 is 1.97 bits per heavy atom. The summed E-state index contributed by atoms with van der Waals surface area (Å²) in [5.41, 5.74) is 1.80. The lowest BCUT2D eigenvalue weighted by molar-refractivity contribution is -0.129. The van der Waals surface area contributed by atoms with Crippen molar-refractivity contribution >= 4 is 29.0 Å². The maximum Gasteiger partial charge on any atom is 0.293 e. The first-order chi connectivity index (χ1) is 16.9. The van der Waals surface area contributed by atoms with Gasteiger partial charge in [0, 0.05) is 37.2 Å². The number of ether oxygens (including phenoxy) is 1. The molecule has 180 valence electrons. The van der Waals surface area contributed by atoms with E-state index in [4.69, 9.17) is 9.15 Å². The van der Waals surface area contributed by atoms with E-state index in [0.29, 0.717) is 47.5 Å². The SMILES string of the molecule is Cc1nc(C)c(C(=O)Nc2ccc(F)c(-c3cn4cc(NC(=O)C5CCCCO5)cnc4n3)c2)o1. The summed E-state index contributed by atoms with van der Waals surface area (Å²) in [5, 5.41) is 5.50. The number of carbonyl (C=O) groups is 2. The largest absolute Gasteiger partial charge is 0.436 e. The molecule has 0 radical (unpaired) electrons. The predicted octanol–water partition coefficient (Wildman–Crippen LogP) is 3.90. The van der Waals surface area contributed by atoms with Gasteiger partial charge in [-0.2, -0.15) is 0 Å². The maximum absolute atomic E-state index is 14.7. The minimum atomic E-state index is -0.513. The normalized spacial score (nSPS) is 15.8. The Balaban J connectivity index is 1.37. The van der Waals surface area contributed by atoms with Gasteiger partial charge >= 0.3 is 0 Å². The number of hydrogen-bond donors (Lipinski definition) is 2. The molecule has 10 nitrogen and oxygen atoms in total. The van der Waals surface area contributed by atoms with Gasteiger partial charge in [0.15, 0.2) is 5.89 Å². The summed E-state index contributed by atoms with van der Waals surface area (Å²) in [6.07, 6.45) is 6.84. The van der Waals surface area contributed by atoms with Gasteiger partial charge in [0.25, 0.3) is 11.8 Å². The Morgan fingerprint density at radius 3 is 2.71 bits per heavy atom. The number of rotatable bonds is 5. The molecule has 1 unspecified atom stereocenters. The first kappa shape index (κ1) is 22.7. The van der Waals surface area contributed by atoms with Crippen LogP contribution in [0.1, 0.15) is 41.4 Å². The summed E-state index contributed by atoms with van der Waals surface area (Å²) in [6.45, 7) is 3.89. The van der Waals surface area contributed by atoms with Crippen molar-refractivity contribution in [2.75, 3.05) is 17.2 Å². The zero-order valence-electron chi connectivity index (χ0n) is 19.2. The van der Waals surface area contributed by atoms with Crippen molar-refractivity contribution in [1.29, 1.82) is 0 Å². The highest BCUT2D eigenvalue weighted by Gasteiger charge is 2.22. The number of benzene rings is 1. The predicted molar refractivity (Wildman–Crippen MR) is 125 cm³/mol. The number of nitrogens with one attached hydrogen (secondary N) is 2. The number of oxazole rings is 1. The quantitative estimate of drug-likeness (QED) is 0.446. The van der Waals surface area contributed by atoms with Gasteiger partial charge in [-0.1, -0.05) is 0 Å². The van der Waals surface area contributed by atoms with E-state index in [0.717, 1.165) is 12.8 Å². The standard InChI is InChI=1S/C24H23FN6O4/c1-13-21(35-14(2)27-13)23(33)28-15-6-7-18(25)17(9-15)19-12-31-11-16(10-26-24(31)30-19)29-22(32)20-5-3-4-8-34-20/h6-7,9-12,20H,3-5,8H2,1-2H3,(H,28,33)(H,29,32). The van der Waals surface area contributed by atoms with Crippen LogP contribution in [0, 0.1) is 19.7 Å². The number of fused-ring (bicyclic) bond motifs is 1. The van der Waals surface area contributed by atoms with E-state index >= 15 is 0 Å². The number of hydrogen-bond acceptors (Lipinski definition) is 7. The highest BCUT2D eigenvalue weighted by molar-refractivity contribution is 6.03. The minimum absolute atomic E-state index is 0.0958. The second-order valence-corrected chi connectivity index (χ2v) is 8.32. The van der Waals surface area contributed by atoms with Gasteiger partial charge in [-0.05, 0) is 44.4 Å². The number of aromatic nitrogens is 4.